The van der Waals surface area contributed by atoms with Crippen LogP contribution >= 0.6 is 11.8 Å². The fraction of sp³-hybridized carbons (Fsp3) is 0.875. The molecule has 0 atom stereocenters. The van der Waals surface area contributed by atoms with Gasteiger partial charge in [-0.15, -0.1) is 10.2 Å². The van der Waals surface area contributed by atoms with Crippen molar-refractivity contribution >= 4 is 11.8 Å². The standard InChI is InChI=1S/C16H31N3S/c1-3-5-7-8-9-10-11-12-14-20-16-18-17-15-19(16)13-6-4-2/h15H,3-14H2,1-2H3. The molecule has 0 aliphatic heterocycles. The summed E-state index contributed by atoms with van der Waals surface area (Å²) in [6.45, 7) is 5.55. The lowest BCUT2D eigenvalue weighted by Gasteiger charge is -2.05. The molecule has 0 aromatic carbocycles. The second-order valence-electron chi connectivity index (χ2n) is 5.48. The maximum atomic E-state index is 4.21. The molecule has 1 rings (SSSR count). The highest BCUT2D eigenvalue weighted by Crippen LogP contribution is 2.18. The normalized spacial score (nSPS) is 11.1. The second-order valence-corrected chi connectivity index (χ2v) is 6.55. The molecule has 0 N–H and O–H groups in total. The summed E-state index contributed by atoms with van der Waals surface area (Å²) in [5.41, 5.74) is 0. The van der Waals surface area contributed by atoms with Crippen molar-refractivity contribution in [1.29, 1.82) is 0 Å². The minimum absolute atomic E-state index is 1.06. The van der Waals surface area contributed by atoms with E-state index < -0.39 is 0 Å². The van der Waals surface area contributed by atoms with Gasteiger partial charge in [-0.25, -0.2) is 0 Å². The van der Waals surface area contributed by atoms with Crippen molar-refractivity contribution in [3.63, 3.8) is 0 Å². The minimum atomic E-state index is 1.06. The molecule has 1 heterocycles. The van der Waals surface area contributed by atoms with Gasteiger partial charge in [0.25, 0.3) is 0 Å². The number of hydrogen-bond donors (Lipinski definition) is 0. The largest absolute Gasteiger partial charge is 0.309 e. The minimum Gasteiger partial charge on any atom is -0.309 e. The average Bonchev–Trinajstić information content (AvgIpc) is 2.91. The van der Waals surface area contributed by atoms with E-state index in [1.165, 1.54) is 70.0 Å². The monoisotopic (exact) mass is 297 g/mol. The molecule has 0 aliphatic carbocycles. The number of hydrogen-bond acceptors (Lipinski definition) is 3. The Morgan fingerprint density at radius 2 is 1.55 bits per heavy atom. The van der Waals surface area contributed by atoms with Crippen LogP contribution in [-0.2, 0) is 6.54 Å². The van der Waals surface area contributed by atoms with E-state index >= 15 is 0 Å². The summed E-state index contributed by atoms with van der Waals surface area (Å²) in [6.07, 6.45) is 15.4. The van der Waals surface area contributed by atoms with Crippen molar-refractivity contribution in [3.8, 4) is 0 Å². The summed E-state index contributed by atoms with van der Waals surface area (Å²) in [7, 11) is 0. The molecule has 0 bridgehead atoms. The van der Waals surface area contributed by atoms with Crippen molar-refractivity contribution < 1.29 is 0 Å². The van der Waals surface area contributed by atoms with Crippen LogP contribution in [-0.4, -0.2) is 20.5 Å². The van der Waals surface area contributed by atoms with Crippen molar-refractivity contribution in [2.24, 2.45) is 0 Å². The van der Waals surface area contributed by atoms with Crippen LogP contribution in [0.1, 0.15) is 78.1 Å². The van der Waals surface area contributed by atoms with Crippen LogP contribution in [0, 0.1) is 0 Å². The Balaban J connectivity index is 1.99. The number of aromatic nitrogens is 3. The van der Waals surface area contributed by atoms with Crippen molar-refractivity contribution in [2.45, 2.75) is 89.8 Å². The van der Waals surface area contributed by atoms with E-state index in [1.54, 1.807) is 0 Å². The first-order valence-electron chi connectivity index (χ1n) is 8.39. The van der Waals surface area contributed by atoms with Gasteiger partial charge in [0.1, 0.15) is 6.33 Å². The van der Waals surface area contributed by atoms with Gasteiger partial charge in [-0.2, -0.15) is 0 Å². The summed E-state index contributed by atoms with van der Waals surface area (Å²) in [4.78, 5) is 0. The first-order valence-corrected chi connectivity index (χ1v) is 9.37. The molecule has 0 unspecified atom stereocenters. The van der Waals surface area contributed by atoms with Crippen LogP contribution in [0.15, 0.2) is 11.5 Å². The predicted molar refractivity (Wildman–Crippen MR) is 88.3 cm³/mol. The van der Waals surface area contributed by atoms with Crippen molar-refractivity contribution in [1.82, 2.24) is 14.8 Å². The van der Waals surface area contributed by atoms with Crippen molar-refractivity contribution in [2.75, 3.05) is 5.75 Å². The lowest BCUT2D eigenvalue weighted by atomic mass is 10.1. The molecular weight excluding hydrogens is 266 g/mol. The van der Waals surface area contributed by atoms with Gasteiger partial charge in [-0.1, -0.05) is 77.0 Å². The van der Waals surface area contributed by atoms with Crippen LogP contribution in [0.2, 0.25) is 0 Å². The molecule has 0 aliphatic rings. The Labute approximate surface area is 128 Å². The Bertz CT molecular complexity index is 325. The summed E-state index contributed by atoms with van der Waals surface area (Å²) in [5, 5.41) is 9.34. The number of rotatable bonds is 13. The number of nitrogens with zero attached hydrogens (tertiary/aromatic N) is 3. The van der Waals surface area contributed by atoms with Gasteiger partial charge >= 0.3 is 0 Å². The van der Waals surface area contributed by atoms with Crippen LogP contribution in [0.3, 0.4) is 0 Å². The van der Waals surface area contributed by atoms with Crippen LogP contribution < -0.4 is 0 Å². The molecule has 116 valence electrons. The smallest absolute Gasteiger partial charge is 0.190 e. The molecule has 0 amide bonds. The zero-order valence-corrected chi connectivity index (χ0v) is 14.1. The molecule has 0 saturated heterocycles. The van der Waals surface area contributed by atoms with Crippen LogP contribution in [0.4, 0.5) is 0 Å². The third-order valence-electron chi connectivity index (χ3n) is 3.56. The maximum absolute atomic E-state index is 4.21. The summed E-state index contributed by atoms with van der Waals surface area (Å²) in [6, 6.07) is 0. The molecular formula is C16H31N3S. The predicted octanol–water partition coefficient (Wildman–Crippen LogP) is 5.31. The van der Waals surface area contributed by atoms with Gasteiger partial charge in [0.05, 0.1) is 0 Å². The van der Waals surface area contributed by atoms with Crippen LogP contribution in [0.5, 0.6) is 0 Å². The van der Waals surface area contributed by atoms with Gasteiger partial charge in [-0.3, -0.25) is 0 Å². The van der Waals surface area contributed by atoms with Crippen molar-refractivity contribution in [3.05, 3.63) is 6.33 Å². The Hall–Kier alpha value is -0.510. The average molecular weight is 298 g/mol. The highest BCUT2D eigenvalue weighted by atomic mass is 32.2. The van der Waals surface area contributed by atoms with E-state index in [1.807, 2.05) is 18.1 Å². The molecule has 0 spiro atoms. The van der Waals surface area contributed by atoms with E-state index in [0.29, 0.717) is 0 Å². The molecule has 4 heteroatoms. The SMILES string of the molecule is CCCCCCCCCCSc1nncn1CCCC. The van der Waals surface area contributed by atoms with E-state index in [4.69, 9.17) is 0 Å². The Morgan fingerprint density at radius 1 is 0.900 bits per heavy atom. The third-order valence-corrected chi connectivity index (χ3v) is 4.63. The molecule has 20 heavy (non-hydrogen) atoms. The van der Waals surface area contributed by atoms with E-state index in [2.05, 4.69) is 28.6 Å². The summed E-state index contributed by atoms with van der Waals surface area (Å²) < 4.78 is 2.19. The summed E-state index contributed by atoms with van der Waals surface area (Å²) in [5.74, 6) is 1.18. The second kappa shape index (κ2) is 12.2. The Kier molecular flexibility index (Phi) is 10.7. The lowest BCUT2D eigenvalue weighted by molar-refractivity contribution is 0.582. The zero-order valence-electron chi connectivity index (χ0n) is 13.3. The quantitative estimate of drug-likeness (QED) is 0.365. The summed E-state index contributed by atoms with van der Waals surface area (Å²) >= 11 is 1.87. The van der Waals surface area contributed by atoms with Gasteiger partial charge in [0.15, 0.2) is 5.16 Å². The van der Waals surface area contributed by atoms with Gasteiger partial charge in [-0.05, 0) is 12.8 Å². The molecule has 0 fully saturated rings. The highest BCUT2D eigenvalue weighted by molar-refractivity contribution is 7.99. The molecule has 1 aromatic rings. The lowest BCUT2D eigenvalue weighted by Crippen LogP contribution is -1.98. The number of unbranched alkanes of at least 4 members (excludes halogenated alkanes) is 8. The van der Waals surface area contributed by atoms with E-state index in [9.17, 15) is 0 Å². The van der Waals surface area contributed by atoms with Gasteiger partial charge in [0.2, 0.25) is 0 Å². The molecule has 0 saturated carbocycles. The highest BCUT2D eigenvalue weighted by Gasteiger charge is 2.03. The zero-order chi connectivity index (χ0) is 14.5. The topological polar surface area (TPSA) is 30.7 Å². The van der Waals surface area contributed by atoms with Crippen LogP contribution in [0.25, 0.3) is 0 Å². The fourth-order valence-corrected chi connectivity index (χ4v) is 3.18. The number of thioether (sulfide) groups is 1. The molecule has 3 nitrogen and oxygen atoms in total. The molecule has 0 radical (unpaired) electrons. The first kappa shape index (κ1) is 17.5. The first-order chi connectivity index (χ1) is 9.88. The van der Waals surface area contributed by atoms with E-state index in [-0.39, 0.29) is 0 Å². The van der Waals surface area contributed by atoms with Gasteiger partial charge < -0.3 is 4.57 Å². The fourth-order valence-electron chi connectivity index (χ4n) is 2.24. The van der Waals surface area contributed by atoms with E-state index in [0.717, 1.165) is 11.7 Å². The van der Waals surface area contributed by atoms with Gasteiger partial charge in [0, 0.05) is 12.3 Å². The third kappa shape index (κ3) is 7.93. The molecule has 1 aromatic heterocycles. The number of aryl methyl sites for hydroxylation is 1. The maximum Gasteiger partial charge on any atom is 0.190 e. The Morgan fingerprint density at radius 3 is 2.25 bits per heavy atom.